The van der Waals surface area contributed by atoms with Crippen LogP contribution in [0.15, 0.2) is 48.5 Å². The van der Waals surface area contributed by atoms with E-state index in [9.17, 15) is 9.90 Å². The van der Waals surface area contributed by atoms with E-state index in [0.717, 1.165) is 5.56 Å². The van der Waals surface area contributed by atoms with Gasteiger partial charge in [0.15, 0.2) is 6.61 Å². The van der Waals surface area contributed by atoms with E-state index in [4.69, 9.17) is 10.5 Å². The van der Waals surface area contributed by atoms with Gasteiger partial charge >= 0.3 is 0 Å². The van der Waals surface area contributed by atoms with Gasteiger partial charge in [-0.15, -0.1) is 0 Å². The van der Waals surface area contributed by atoms with Crippen LogP contribution in [0.25, 0.3) is 0 Å². The number of carbonyl (C=O) groups is 1. The standard InChI is InChI=1S/C16H18N2O3/c17-13-2-1-3-15(10-13)21-11-16(20)18-9-8-12-4-6-14(19)7-5-12/h1-7,10,19H,8-9,11,17H2,(H,18,20). The summed E-state index contributed by atoms with van der Waals surface area (Å²) in [5.41, 5.74) is 7.27. The number of ether oxygens (including phenoxy) is 1. The zero-order valence-corrected chi connectivity index (χ0v) is 11.6. The van der Waals surface area contributed by atoms with Crippen molar-refractivity contribution in [1.82, 2.24) is 5.32 Å². The smallest absolute Gasteiger partial charge is 0.257 e. The molecule has 4 N–H and O–H groups in total. The van der Waals surface area contributed by atoms with Gasteiger partial charge in [0.2, 0.25) is 0 Å². The van der Waals surface area contributed by atoms with E-state index < -0.39 is 0 Å². The number of phenols is 1. The zero-order valence-electron chi connectivity index (χ0n) is 11.6. The fourth-order valence-electron chi connectivity index (χ4n) is 1.81. The minimum absolute atomic E-state index is 0.0426. The van der Waals surface area contributed by atoms with Gasteiger partial charge in [-0.25, -0.2) is 0 Å². The Hall–Kier alpha value is -2.69. The topological polar surface area (TPSA) is 84.6 Å². The monoisotopic (exact) mass is 286 g/mol. The van der Waals surface area contributed by atoms with Gasteiger partial charge in [0.25, 0.3) is 5.91 Å². The van der Waals surface area contributed by atoms with Gasteiger partial charge in [0.05, 0.1) is 0 Å². The largest absolute Gasteiger partial charge is 0.508 e. The molecular weight excluding hydrogens is 268 g/mol. The highest BCUT2D eigenvalue weighted by Crippen LogP contribution is 2.14. The summed E-state index contributed by atoms with van der Waals surface area (Å²) in [6.07, 6.45) is 0.699. The summed E-state index contributed by atoms with van der Waals surface area (Å²) in [4.78, 5) is 11.6. The minimum atomic E-state index is -0.184. The Labute approximate surface area is 123 Å². The van der Waals surface area contributed by atoms with Gasteiger partial charge in [-0.2, -0.15) is 0 Å². The van der Waals surface area contributed by atoms with Gasteiger partial charge < -0.3 is 20.9 Å². The molecular formula is C16H18N2O3. The average molecular weight is 286 g/mol. The Kier molecular flexibility index (Phi) is 5.04. The van der Waals surface area contributed by atoms with Gasteiger partial charge in [-0.3, -0.25) is 4.79 Å². The second-order valence-electron chi connectivity index (χ2n) is 4.63. The third-order valence-corrected chi connectivity index (χ3v) is 2.90. The first-order valence-electron chi connectivity index (χ1n) is 6.66. The molecule has 0 bridgehead atoms. The number of hydrogen-bond donors (Lipinski definition) is 3. The van der Waals surface area contributed by atoms with Crippen LogP contribution in [0.1, 0.15) is 5.56 Å². The third-order valence-electron chi connectivity index (χ3n) is 2.90. The number of nitrogen functional groups attached to an aromatic ring is 1. The first kappa shape index (κ1) is 14.7. The molecule has 0 saturated heterocycles. The Morgan fingerprint density at radius 2 is 1.95 bits per heavy atom. The minimum Gasteiger partial charge on any atom is -0.508 e. The van der Waals surface area contributed by atoms with Crippen molar-refractivity contribution < 1.29 is 14.6 Å². The lowest BCUT2D eigenvalue weighted by molar-refractivity contribution is -0.123. The number of nitrogens with one attached hydrogen (secondary N) is 1. The summed E-state index contributed by atoms with van der Waals surface area (Å²) in [6.45, 7) is 0.475. The first-order chi connectivity index (χ1) is 10.1. The lowest BCUT2D eigenvalue weighted by Gasteiger charge is -2.08. The molecule has 0 aliphatic rings. The van der Waals surface area contributed by atoms with Gasteiger partial charge in [0.1, 0.15) is 11.5 Å². The number of anilines is 1. The second-order valence-corrected chi connectivity index (χ2v) is 4.63. The van der Waals surface area contributed by atoms with Crippen LogP contribution in [0, 0.1) is 0 Å². The number of phenolic OH excluding ortho intramolecular Hbond substituents is 1. The predicted molar refractivity (Wildman–Crippen MR) is 81.2 cm³/mol. The van der Waals surface area contributed by atoms with Crippen LogP contribution in [0.2, 0.25) is 0 Å². The van der Waals surface area contributed by atoms with Crippen molar-refractivity contribution in [3.63, 3.8) is 0 Å². The van der Waals surface area contributed by atoms with Crippen molar-refractivity contribution in [3.05, 3.63) is 54.1 Å². The van der Waals surface area contributed by atoms with E-state index in [1.807, 2.05) is 12.1 Å². The van der Waals surface area contributed by atoms with Crippen LogP contribution >= 0.6 is 0 Å². The number of nitrogens with two attached hydrogens (primary N) is 1. The molecule has 5 nitrogen and oxygen atoms in total. The van der Waals surface area contributed by atoms with E-state index in [0.29, 0.717) is 24.4 Å². The van der Waals surface area contributed by atoms with Crippen LogP contribution in [0.4, 0.5) is 5.69 Å². The van der Waals surface area contributed by atoms with Crippen molar-refractivity contribution in [2.24, 2.45) is 0 Å². The van der Waals surface area contributed by atoms with Gasteiger partial charge in [0, 0.05) is 18.3 Å². The van der Waals surface area contributed by atoms with Crippen LogP contribution < -0.4 is 15.8 Å². The normalized spacial score (nSPS) is 10.1. The molecule has 1 amide bonds. The lowest BCUT2D eigenvalue weighted by atomic mass is 10.1. The summed E-state index contributed by atoms with van der Waals surface area (Å²) in [5, 5.41) is 11.9. The van der Waals surface area contributed by atoms with E-state index in [-0.39, 0.29) is 18.3 Å². The number of carbonyl (C=O) groups excluding carboxylic acids is 1. The molecule has 21 heavy (non-hydrogen) atoms. The number of aromatic hydroxyl groups is 1. The maximum atomic E-state index is 11.6. The molecule has 110 valence electrons. The fraction of sp³-hybridized carbons (Fsp3) is 0.188. The summed E-state index contributed by atoms with van der Waals surface area (Å²) in [5.74, 6) is 0.623. The van der Waals surface area contributed by atoms with Gasteiger partial charge in [-0.05, 0) is 36.2 Å². The maximum absolute atomic E-state index is 11.6. The lowest BCUT2D eigenvalue weighted by Crippen LogP contribution is -2.30. The fourth-order valence-corrected chi connectivity index (χ4v) is 1.81. The highest BCUT2D eigenvalue weighted by Gasteiger charge is 2.03. The van der Waals surface area contributed by atoms with Crippen molar-refractivity contribution in [3.8, 4) is 11.5 Å². The Morgan fingerprint density at radius 1 is 1.19 bits per heavy atom. The molecule has 0 radical (unpaired) electrons. The number of rotatable bonds is 6. The quantitative estimate of drug-likeness (QED) is 0.706. The van der Waals surface area contributed by atoms with E-state index in [2.05, 4.69) is 5.32 Å². The van der Waals surface area contributed by atoms with E-state index in [1.54, 1.807) is 36.4 Å². The molecule has 0 heterocycles. The molecule has 2 aromatic rings. The molecule has 5 heteroatoms. The van der Waals surface area contributed by atoms with Crippen LogP contribution in [-0.2, 0) is 11.2 Å². The molecule has 2 rings (SSSR count). The van der Waals surface area contributed by atoms with E-state index >= 15 is 0 Å². The number of benzene rings is 2. The predicted octanol–water partition coefficient (Wildman–Crippen LogP) is 1.71. The van der Waals surface area contributed by atoms with Gasteiger partial charge in [-0.1, -0.05) is 18.2 Å². The molecule has 0 aliphatic carbocycles. The van der Waals surface area contributed by atoms with Crippen molar-refractivity contribution >= 4 is 11.6 Å². The molecule has 0 spiro atoms. The second kappa shape index (κ2) is 7.19. The van der Waals surface area contributed by atoms with Crippen LogP contribution in [0.3, 0.4) is 0 Å². The number of hydrogen-bond acceptors (Lipinski definition) is 4. The Bertz CT molecular complexity index is 597. The first-order valence-corrected chi connectivity index (χ1v) is 6.66. The highest BCUT2D eigenvalue weighted by atomic mass is 16.5. The van der Waals surface area contributed by atoms with Crippen LogP contribution in [-0.4, -0.2) is 24.2 Å². The molecule has 0 atom stereocenters. The summed E-state index contributed by atoms with van der Waals surface area (Å²) < 4.78 is 5.34. The highest BCUT2D eigenvalue weighted by molar-refractivity contribution is 5.77. The molecule has 0 unspecified atom stereocenters. The number of amides is 1. The third kappa shape index (κ3) is 5.06. The van der Waals surface area contributed by atoms with Crippen molar-refractivity contribution in [2.45, 2.75) is 6.42 Å². The van der Waals surface area contributed by atoms with Crippen LogP contribution in [0.5, 0.6) is 11.5 Å². The summed E-state index contributed by atoms with van der Waals surface area (Å²) in [7, 11) is 0. The average Bonchev–Trinajstić information content (AvgIpc) is 2.47. The Morgan fingerprint density at radius 3 is 2.67 bits per heavy atom. The molecule has 0 fully saturated rings. The van der Waals surface area contributed by atoms with E-state index in [1.165, 1.54) is 0 Å². The molecule has 0 aromatic heterocycles. The summed E-state index contributed by atoms with van der Waals surface area (Å²) >= 11 is 0. The molecule has 0 saturated carbocycles. The SMILES string of the molecule is Nc1cccc(OCC(=O)NCCc2ccc(O)cc2)c1. The molecule has 2 aromatic carbocycles. The zero-order chi connectivity index (χ0) is 15.1. The Balaban J connectivity index is 1.69. The summed E-state index contributed by atoms with van der Waals surface area (Å²) in [6, 6.07) is 13.8. The van der Waals surface area contributed by atoms with Crippen molar-refractivity contribution in [1.29, 1.82) is 0 Å². The maximum Gasteiger partial charge on any atom is 0.257 e. The molecule has 0 aliphatic heterocycles. The van der Waals surface area contributed by atoms with Crippen molar-refractivity contribution in [2.75, 3.05) is 18.9 Å².